The van der Waals surface area contributed by atoms with Gasteiger partial charge in [-0.2, -0.15) is 4.31 Å². The van der Waals surface area contributed by atoms with E-state index in [-0.39, 0.29) is 22.6 Å². The SMILES string of the molecule is C=CCn1c(SCC(=O)Nc2ccccc2S(=O)(=O)N(C)C2CCCCC2)nnc1C1CC1. The maximum absolute atomic E-state index is 13.3. The molecule has 2 aliphatic rings. The maximum atomic E-state index is 13.3. The topological polar surface area (TPSA) is 97.2 Å². The van der Waals surface area contributed by atoms with Gasteiger partial charge < -0.3 is 9.88 Å². The lowest BCUT2D eigenvalue weighted by Crippen LogP contribution is -2.38. The van der Waals surface area contributed by atoms with Crippen molar-refractivity contribution in [3.63, 3.8) is 0 Å². The molecule has 33 heavy (non-hydrogen) atoms. The number of nitrogens with one attached hydrogen (secondary N) is 1. The number of carbonyl (C=O) groups excluding carboxylic acids is 1. The van der Waals surface area contributed by atoms with Crippen LogP contribution in [-0.4, -0.2) is 52.2 Å². The van der Waals surface area contributed by atoms with Crippen LogP contribution in [0.25, 0.3) is 0 Å². The number of amides is 1. The minimum atomic E-state index is -3.72. The Hall–Kier alpha value is -2.17. The number of nitrogens with zero attached hydrogens (tertiary/aromatic N) is 4. The Morgan fingerprint density at radius 1 is 1.21 bits per heavy atom. The Morgan fingerprint density at radius 3 is 2.64 bits per heavy atom. The van der Waals surface area contributed by atoms with Crippen molar-refractivity contribution in [1.82, 2.24) is 19.1 Å². The zero-order valence-electron chi connectivity index (χ0n) is 18.9. The summed E-state index contributed by atoms with van der Waals surface area (Å²) in [5.41, 5.74) is 0.303. The second-order valence-corrected chi connectivity index (χ2v) is 11.6. The molecule has 1 aromatic heterocycles. The van der Waals surface area contributed by atoms with E-state index in [1.54, 1.807) is 37.4 Å². The van der Waals surface area contributed by atoms with E-state index in [0.29, 0.717) is 23.3 Å². The van der Waals surface area contributed by atoms with Gasteiger partial charge in [-0.15, -0.1) is 16.8 Å². The first kappa shape index (κ1) is 24.0. The Morgan fingerprint density at radius 2 is 1.94 bits per heavy atom. The van der Waals surface area contributed by atoms with Crippen LogP contribution < -0.4 is 5.32 Å². The van der Waals surface area contributed by atoms with Crippen LogP contribution >= 0.6 is 11.8 Å². The van der Waals surface area contributed by atoms with E-state index in [9.17, 15) is 13.2 Å². The summed E-state index contributed by atoms with van der Waals surface area (Å²) in [4.78, 5) is 12.9. The highest BCUT2D eigenvalue weighted by Gasteiger charge is 2.32. The predicted octanol–water partition coefficient (Wildman–Crippen LogP) is 4.03. The van der Waals surface area contributed by atoms with Crippen LogP contribution in [0.15, 0.2) is 47.0 Å². The number of rotatable bonds is 10. The number of anilines is 1. The van der Waals surface area contributed by atoms with Gasteiger partial charge in [0.05, 0.1) is 11.4 Å². The van der Waals surface area contributed by atoms with Crippen molar-refractivity contribution >= 4 is 33.4 Å². The molecule has 1 heterocycles. The van der Waals surface area contributed by atoms with Gasteiger partial charge in [-0.05, 0) is 37.8 Å². The molecule has 0 aliphatic heterocycles. The van der Waals surface area contributed by atoms with Gasteiger partial charge in [0.25, 0.3) is 0 Å². The van der Waals surface area contributed by atoms with Gasteiger partial charge in [0.2, 0.25) is 15.9 Å². The van der Waals surface area contributed by atoms with E-state index in [4.69, 9.17) is 0 Å². The van der Waals surface area contributed by atoms with Crippen molar-refractivity contribution in [2.75, 3.05) is 18.1 Å². The summed E-state index contributed by atoms with van der Waals surface area (Å²) in [6, 6.07) is 6.60. The third kappa shape index (κ3) is 5.50. The van der Waals surface area contributed by atoms with Gasteiger partial charge in [-0.25, -0.2) is 8.42 Å². The second kappa shape index (κ2) is 10.4. The molecule has 0 radical (unpaired) electrons. The highest BCUT2D eigenvalue weighted by atomic mass is 32.2. The number of carbonyl (C=O) groups is 1. The van der Waals surface area contributed by atoms with Crippen LogP contribution in [0.1, 0.15) is 56.7 Å². The number of aromatic nitrogens is 3. The average Bonchev–Trinajstić information content (AvgIpc) is 3.59. The molecule has 178 valence electrons. The van der Waals surface area contributed by atoms with E-state index in [1.165, 1.54) is 16.1 Å². The van der Waals surface area contributed by atoms with Crippen LogP contribution in [-0.2, 0) is 21.4 Å². The minimum absolute atomic E-state index is 0.0000483. The number of benzene rings is 1. The van der Waals surface area contributed by atoms with Crippen LogP contribution in [0.4, 0.5) is 5.69 Å². The van der Waals surface area contributed by atoms with Crippen molar-refractivity contribution in [2.24, 2.45) is 0 Å². The summed E-state index contributed by atoms with van der Waals surface area (Å²) >= 11 is 1.29. The minimum Gasteiger partial charge on any atom is -0.324 e. The molecular weight excluding hydrogens is 458 g/mol. The molecule has 4 rings (SSSR count). The van der Waals surface area contributed by atoms with Gasteiger partial charge in [0.1, 0.15) is 10.7 Å². The standard InChI is InChI=1S/C23H31N5O3S2/c1-3-15-28-22(17-13-14-17)25-26-23(28)32-16-21(29)24-19-11-7-8-12-20(19)33(30,31)27(2)18-9-5-4-6-10-18/h3,7-8,11-12,17-18H,1,4-6,9-10,13-16H2,2H3,(H,24,29). The quantitative estimate of drug-likeness (QED) is 0.400. The van der Waals surface area contributed by atoms with Gasteiger partial charge >= 0.3 is 0 Å². The van der Waals surface area contributed by atoms with Gasteiger partial charge in [-0.3, -0.25) is 4.79 Å². The number of sulfonamides is 1. The molecule has 8 nitrogen and oxygen atoms in total. The molecule has 0 spiro atoms. The average molecular weight is 490 g/mol. The molecule has 0 bridgehead atoms. The summed E-state index contributed by atoms with van der Waals surface area (Å²) in [7, 11) is -2.08. The number of thioether (sulfide) groups is 1. The predicted molar refractivity (Wildman–Crippen MR) is 130 cm³/mol. The van der Waals surface area contributed by atoms with Crippen LogP contribution in [0.5, 0.6) is 0 Å². The molecule has 10 heteroatoms. The summed E-state index contributed by atoms with van der Waals surface area (Å²) in [6.07, 6.45) is 8.99. The highest BCUT2D eigenvalue weighted by Crippen LogP contribution is 2.40. The second-order valence-electron chi connectivity index (χ2n) is 8.66. The molecule has 1 amide bonds. The number of allylic oxidation sites excluding steroid dienone is 1. The molecule has 0 saturated heterocycles. The van der Waals surface area contributed by atoms with Gasteiger partial charge in [0.15, 0.2) is 5.16 Å². The Labute approximate surface area is 199 Å². The molecular formula is C23H31N5O3S2. The molecule has 0 unspecified atom stereocenters. The van der Waals surface area contributed by atoms with Crippen molar-refractivity contribution < 1.29 is 13.2 Å². The summed E-state index contributed by atoms with van der Waals surface area (Å²) < 4.78 is 30.2. The van der Waals surface area contributed by atoms with E-state index in [2.05, 4.69) is 22.1 Å². The number of hydrogen-bond acceptors (Lipinski definition) is 6. The van der Waals surface area contributed by atoms with Gasteiger partial charge in [-0.1, -0.05) is 49.2 Å². The van der Waals surface area contributed by atoms with E-state index in [0.717, 1.165) is 50.8 Å². The van der Waals surface area contributed by atoms with E-state index in [1.807, 2.05) is 4.57 Å². The Balaban J connectivity index is 1.44. The first-order valence-corrected chi connectivity index (χ1v) is 13.9. The highest BCUT2D eigenvalue weighted by molar-refractivity contribution is 7.99. The fraction of sp³-hybridized carbons (Fsp3) is 0.522. The van der Waals surface area contributed by atoms with Crippen molar-refractivity contribution in [1.29, 1.82) is 0 Å². The lowest BCUT2D eigenvalue weighted by atomic mass is 9.96. The zero-order chi connectivity index (χ0) is 23.4. The number of para-hydroxylation sites is 1. The first-order valence-electron chi connectivity index (χ1n) is 11.5. The largest absolute Gasteiger partial charge is 0.324 e. The van der Waals surface area contributed by atoms with Crippen LogP contribution in [0.3, 0.4) is 0 Å². The van der Waals surface area contributed by atoms with Crippen molar-refractivity contribution in [2.45, 2.75) is 73.5 Å². The number of hydrogen-bond donors (Lipinski definition) is 1. The van der Waals surface area contributed by atoms with Crippen molar-refractivity contribution in [3.05, 3.63) is 42.7 Å². The monoisotopic (exact) mass is 489 g/mol. The third-order valence-corrected chi connectivity index (χ3v) is 9.17. The maximum Gasteiger partial charge on any atom is 0.245 e. The van der Waals surface area contributed by atoms with Crippen LogP contribution in [0, 0.1) is 0 Å². The smallest absolute Gasteiger partial charge is 0.245 e. The van der Waals surface area contributed by atoms with Crippen LogP contribution in [0.2, 0.25) is 0 Å². The molecule has 1 N–H and O–H groups in total. The zero-order valence-corrected chi connectivity index (χ0v) is 20.6. The fourth-order valence-electron chi connectivity index (χ4n) is 4.26. The molecule has 1 aromatic carbocycles. The van der Waals surface area contributed by atoms with E-state index >= 15 is 0 Å². The lowest BCUT2D eigenvalue weighted by molar-refractivity contribution is -0.113. The fourth-order valence-corrected chi connectivity index (χ4v) is 6.57. The lowest BCUT2D eigenvalue weighted by Gasteiger charge is -2.30. The molecule has 2 aromatic rings. The Kier molecular flexibility index (Phi) is 7.55. The van der Waals surface area contributed by atoms with Crippen molar-refractivity contribution in [3.8, 4) is 0 Å². The molecule has 0 atom stereocenters. The van der Waals surface area contributed by atoms with Gasteiger partial charge in [0, 0.05) is 25.6 Å². The Bertz CT molecular complexity index is 1110. The first-order chi connectivity index (χ1) is 15.9. The normalized spacial score (nSPS) is 17.3. The summed E-state index contributed by atoms with van der Waals surface area (Å²) in [6.45, 7) is 4.40. The summed E-state index contributed by atoms with van der Waals surface area (Å²) in [5.74, 6) is 1.20. The third-order valence-electron chi connectivity index (χ3n) is 6.24. The van der Waals surface area contributed by atoms with E-state index < -0.39 is 10.0 Å². The molecule has 2 aliphatic carbocycles. The molecule has 2 saturated carbocycles. The molecule has 2 fully saturated rings. The summed E-state index contributed by atoms with van der Waals surface area (Å²) in [5, 5.41) is 12.0.